The summed E-state index contributed by atoms with van der Waals surface area (Å²) in [5.74, 6) is -1.14. The second-order valence-corrected chi connectivity index (χ2v) is 5.39. The molecule has 0 atom stereocenters. The highest BCUT2D eigenvalue weighted by Gasteiger charge is 2.13. The molecule has 0 radical (unpaired) electrons. The van der Waals surface area contributed by atoms with Crippen LogP contribution < -0.4 is 5.32 Å². The Labute approximate surface area is 123 Å². The number of anilines is 1. The summed E-state index contributed by atoms with van der Waals surface area (Å²) < 4.78 is 14.5. The molecular formula is C14H10BrClFNO. The molecule has 19 heavy (non-hydrogen) atoms. The topological polar surface area (TPSA) is 29.1 Å². The van der Waals surface area contributed by atoms with E-state index in [1.165, 1.54) is 12.1 Å². The lowest BCUT2D eigenvalue weighted by Gasteiger charge is -2.09. The molecule has 2 aromatic rings. The van der Waals surface area contributed by atoms with E-state index in [2.05, 4.69) is 21.2 Å². The Morgan fingerprint density at radius 1 is 1.26 bits per heavy atom. The van der Waals surface area contributed by atoms with Gasteiger partial charge < -0.3 is 5.32 Å². The van der Waals surface area contributed by atoms with E-state index < -0.39 is 11.7 Å². The van der Waals surface area contributed by atoms with E-state index in [9.17, 15) is 9.18 Å². The first-order valence-electron chi connectivity index (χ1n) is 5.50. The normalized spacial score (nSPS) is 10.3. The monoisotopic (exact) mass is 341 g/mol. The maximum absolute atomic E-state index is 13.6. The molecule has 0 aromatic heterocycles. The number of hydrogen-bond acceptors (Lipinski definition) is 1. The molecule has 98 valence electrons. The highest BCUT2D eigenvalue weighted by molar-refractivity contribution is 9.10. The van der Waals surface area contributed by atoms with Gasteiger partial charge in [0.2, 0.25) is 0 Å². The Bertz CT molecular complexity index is 645. The summed E-state index contributed by atoms with van der Waals surface area (Å²) in [5, 5.41) is 2.93. The first-order chi connectivity index (χ1) is 8.97. The number of benzene rings is 2. The highest BCUT2D eigenvalue weighted by Crippen LogP contribution is 2.21. The number of aryl methyl sites for hydroxylation is 1. The van der Waals surface area contributed by atoms with E-state index >= 15 is 0 Å². The van der Waals surface area contributed by atoms with Crippen LogP contribution in [-0.4, -0.2) is 5.91 Å². The van der Waals surface area contributed by atoms with Crippen molar-refractivity contribution < 1.29 is 9.18 Å². The third-order valence-electron chi connectivity index (χ3n) is 2.61. The van der Waals surface area contributed by atoms with Crippen molar-refractivity contribution in [3.8, 4) is 0 Å². The molecule has 0 fully saturated rings. The van der Waals surface area contributed by atoms with Crippen LogP contribution in [0.3, 0.4) is 0 Å². The number of carbonyl (C=O) groups excluding carboxylic acids is 1. The number of hydrogen-bond donors (Lipinski definition) is 1. The van der Waals surface area contributed by atoms with Crippen LogP contribution in [0.4, 0.5) is 10.1 Å². The molecule has 0 heterocycles. The molecule has 0 unspecified atom stereocenters. The van der Waals surface area contributed by atoms with Gasteiger partial charge in [0, 0.05) is 15.2 Å². The first kappa shape index (κ1) is 14.0. The molecule has 1 amide bonds. The molecule has 0 saturated heterocycles. The minimum Gasteiger partial charge on any atom is -0.322 e. The maximum atomic E-state index is 13.6. The summed E-state index contributed by atoms with van der Waals surface area (Å²) in [6, 6.07) is 9.39. The molecule has 0 spiro atoms. The van der Waals surface area contributed by atoms with Crippen molar-refractivity contribution >= 4 is 39.1 Å². The zero-order valence-corrected chi connectivity index (χ0v) is 12.3. The predicted molar refractivity (Wildman–Crippen MR) is 78.2 cm³/mol. The van der Waals surface area contributed by atoms with E-state index in [4.69, 9.17) is 11.6 Å². The Hall–Kier alpha value is -1.39. The number of halogens is 3. The van der Waals surface area contributed by atoms with Gasteiger partial charge in [-0.1, -0.05) is 27.5 Å². The average Bonchev–Trinajstić information content (AvgIpc) is 2.32. The molecule has 0 bridgehead atoms. The lowest BCUT2D eigenvalue weighted by Crippen LogP contribution is -2.14. The minimum absolute atomic E-state index is 0.0354. The van der Waals surface area contributed by atoms with Crippen LogP contribution in [0.2, 0.25) is 5.02 Å². The Morgan fingerprint density at radius 3 is 2.63 bits per heavy atom. The average molecular weight is 343 g/mol. The number of rotatable bonds is 2. The largest absolute Gasteiger partial charge is 0.322 e. The lowest BCUT2D eigenvalue weighted by atomic mass is 10.1. The first-order valence-corrected chi connectivity index (χ1v) is 6.67. The van der Waals surface area contributed by atoms with Gasteiger partial charge in [-0.05, 0) is 48.9 Å². The third-order valence-corrected chi connectivity index (χ3v) is 3.34. The van der Waals surface area contributed by atoms with Crippen LogP contribution in [0.25, 0.3) is 0 Å². The molecule has 0 aliphatic carbocycles. The summed E-state index contributed by atoms with van der Waals surface area (Å²) in [4.78, 5) is 12.0. The Kier molecular flexibility index (Phi) is 4.22. The number of amides is 1. The number of carbonyl (C=O) groups is 1. The van der Waals surface area contributed by atoms with Gasteiger partial charge in [-0.25, -0.2) is 4.39 Å². The van der Waals surface area contributed by atoms with Crippen molar-refractivity contribution in [2.45, 2.75) is 6.92 Å². The van der Waals surface area contributed by atoms with E-state index in [-0.39, 0.29) is 10.6 Å². The van der Waals surface area contributed by atoms with Gasteiger partial charge in [0.05, 0.1) is 5.56 Å². The zero-order chi connectivity index (χ0) is 14.0. The van der Waals surface area contributed by atoms with Crippen molar-refractivity contribution in [1.82, 2.24) is 0 Å². The highest BCUT2D eigenvalue weighted by atomic mass is 79.9. The van der Waals surface area contributed by atoms with Gasteiger partial charge in [-0.2, -0.15) is 0 Å². The van der Waals surface area contributed by atoms with Crippen LogP contribution in [0.15, 0.2) is 40.9 Å². The van der Waals surface area contributed by atoms with Crippen molar-refractivity contribution in [1.29, 1.82) is 0 Å². The Morgan fingerprint density at radius 2 is 2.00 bits per heavy atom. The van der Waals surface area contributed by atoms with Gasteiger partial charge in [-0.15, -0.1) is 0 Å². The molecule has 0 saturated carbocycles. The molecule has 2 rings (SSSR count). The fraction of sp³-hybridized carbons (Fsp3) is 0.0714. The van der Waals surface area contributed by atoms with E-state index in [0.717, 1.165) is 16.1 Å². The molecule has 0 aliphatic rings. The minimum atomic E-state index is -0.639. The summed E-state index contributed by atoms with van der Waals surface area (Å²) >= 11 is 8.99. The van der Waals surface area contributed by atoms with Crippen molar-refractivity contribution in [3.05, 3.63) is 62.8 Å². The van der Waals surface area contributed by atoms with Gasteiger partial charge in [0.25, 0.3) is 5.91 Å². The van der Waals surface area contributed by atoms with Gasteiger partial charge in [-0.3, -0.25) is 4.79 Å². The van der Waals surface area contributed by atoms with Crippen LogP contribution in [0, 0.1) is 12.7 Å². The van der Waals surface area contributed by atoms with E-state index in [1.54, 1.807) is 12.1 Å². The van der Waals surface area contributed by atoms with Crippen LogP contribution in [-0.2, 0) is 0 Å². The fourth-order valence-electron chi connectivity index (χ4n) is 1.63. The van der Waals surface area contributed by atoms with Gasteiger partial charge >= 0.3 is 0 Å². The smallest absolute Gasteiger partial charge is 0.258 e. The van der Waals surface area contributed by atoms with Crippen LogP contribution in [0.5, 0.6) is 0 Å². The van der Waals surface area contributed by atoms with Crippen LogP contribution >= 0.6 is 27.5 Å². The second kappa shape index (κ2) is 5.72. The molecule has 5 heteroatoms. The SMILES string of the molecule is Cc1cc(Br)ccc1NC(=O)c1ccc(Cl)cc1F. The molecule has 1 N–H and O–H groups in total. The summed E-state index contributed by atoms with van der Waals surface area (Å²) in [6.45, 7) is 1.86. The molecule has 2 aromatic carbocycles. The van der Waals surface area contributed by atoms with E-state index in [1.807, 2.05) is 13.0 Å². The van der Waals surface area contributed by atoms with Crippen molar-refractivity contribution in [2.24, 2.45) is 0 Å². The van der Waals surface area contributed by atoms with Crippen molar-refractivity contribution in [2.75, 3.05) is 5.32 Å². The van der Waals surface area contributed by atoms with E-state index in [0.29, 0.717) is 5.69 Å². The maximum Gasteiger partial charge on any atom is 0.258 e. The summed E-state index contributed by atoms with van der Waals surface area (Å²) in [5.41, 5.74) is 1.49. The molecular weight excluding hydrogens is 333 g/mol. The molecule has 2 nitrogen and oxygen atoms in total. The lowest BCUT2D eigenvalue weighted by molar-refractivity contribution is 0.102. The second-order valence-electron chi connectivity index (χ2n) is 4.04. The third kappa shape index (κ3) is 3.33. The standard InChI is InChI=1S/C14H10BrClFNO/c1-8-6-9(15)2-5-13(8)18-14(19)11-4-3-10(16)7-12(11)17/h2-7H,1H3,(H,18,19). The fourth-order valence-corrected chi connectivity index (χ4v) is 2.26. The Balaban J connectivity index is 2.25. The summed E-state index contributed by atoms with van der Waals surface area (Å²) in [6.07, 6.45) is 0. The van der Waals surface area contributed by atoms with Crippen LogP contribution in [0.1, 0.15) is 15.9 Å². The quantitative estimate of drug-likeness (QED) is 0.834. The van der Waals surface area contributed by atoms with Gasteiger partial charge in [0.1, 0.15) is 5.82 Å². The number of nitrogens with one attached hydrogen (secondary N) is 1. The zero-order valence-electron chi connectivity index (χ0n) is 10.0. The summed E-state index contributed by atoms with van der Waals surface area (Å²) in [7, 11) is 0. The van der Waals surface area contributed by atoms with Gasteiger partial charge in [0.15, 0.2) is 0 Å². The molecule has 0 aliphatic heterocycles. The predicted octanol–water partition coefficient (Wildman–Crippen LogP) is 4.80. The van der Waals surface area contributed by atoms with Crippen molar-refractivity contribution in [3.63, 3.8) is 0 Å².